The molecule has 0 aliphatic carbocycles. The van der Waals surface area contributed by atoms with E-state index in [4.69, 9.17) is 0 Å². The van der Waals surface area contributed by atoms with Gasteiger partial charge in [-0.3, -0.25) is 0 Å². The zero-order chi connectivity index (χ0) is 13.2. The molecule has 1 aromatic carbocycles. The molecular weight excluding hydrogens is 240 g/mol. The Balaban J connectivity index is 2.14. The Morgan fingerprint density at radius 2 is 1.83 bits per heavy atom. The second kappa shape index (κ2) is 5.25. The van der Waals surface area contributed by atoms with Gasteiger partial charge in [0, 0.05) is 11.3 Å². The molecule has 0 aliphatic heterocycles. The van der Waals surface area contributed by atoms with Gasteiger partial charge < -0.3 is 5.11 Å². The van der Waals surface area contributed by atoms with E-state index in [1.807, 2.05) is 24.4 Å². The molecule has 0 saturated carbocycles. The molecular formula is C16H20OS. The molecule has 2 heteroatoms. The highest BCUT2D eigenvalue weighted by Crippen LogP contribution is 2.29. The maximum Gasteiger partial charge on any atom is 0.0999 e. The van der Waals surface area contributed by atoms with Gasteiger partial charge in [0.15, 0.2) is 0 Å². The lowest BCUT2D eigenvalue weighted by Crippen LogP contribution is -2.22. The largest absolute Gasteiger partial charge is 0.384 e. The summed E-state index contributed by atoms with van der Waals surface area (Å²) in [5.74, 6) is 0.553. The zero-order valence-corrected chi connectivity index (χ0v) is 12.0. The Morgan fingerprint density at radius 3 is 2.33 bits per heavy atom. The highest BCUT2D eigenvalue weighted by atomic mass is 32.1. The number of thiophene rings is 1. The van der Waals surface area contributed by atoms with Gasteiger partial charge >= 0.3 is 0 Å². The maximum atomic E-state index is 10.5. The summed E-state index contributed by atoms with van der Waals surface area (Å²) in [4.78, 5) is 1.02. The Kier molecular flexibility index (Phi) is 3.88. The van der Waals surface area contributed by atoms with Crippen LogP contribution in [0.5, 0.6) is 0 Å². The third-order valence-corrected chi connectivity index (χ3v) is 4.37. The number of rotatable bonds is 4. The molecule has 0 saturated heterocycles. The van der Waals surface area contributed by atoms with Gasteiger partial charge in [0.25, 0.3) is 0 Å². The third-order valence-electron chi connectivity index (χ3n) is 3.25. The molecule has 18 heavy (non-hydrogen) atoms. The van der Waals surface area contributed by atoms with Crippen molar-refractivity contribution in [1.82, 2.24) is 0 Å². The first-order valence-electron chi connectivity index (χ1n) is 6.34. The second-order valence-corrected chi connectivity index (χ2v) is 6.27. The van der Waals surface area contributed by atoms with E-state index in [1.165, 1.54) is 11.1 Å². The van der Waals surface area contributed by atoms with E-state index in [1.54, 1.807) is 11.3 Å². The summed E-state index contributed by atoms with van der Waals surface area (Å²) >= 11 is 1.61. The fraction of sp³-hybridized carbons (Fsp3) is 0.375. The first-order valence-corrected chi connectivity index (χ1v) is 7.22. The molecule has 0 aliphatic rings. The van der Waals surface area contributed by atoms with Crippen molar-refractivity contribution in [2.24, 2.45) is 0 Å². The summed E-state index contributed by atoms with van der Waals surface area (Å²) < 4.78 is 0. The minimum atomic E-state index is -0.770. The van der Waals surface area contributed by atoms with Crippen LogP contribution in [0, 0.1) is 0 Å². The molecule has 2 aromatic rings. The summed E-state index contributed by atoms with van der Waals surface area (Å²) in [5.41, 5.74) is 1.75. The summed E-state index contributed by atoms with van der Waals surface area (Å²) in [6.07, 6.45) is 0.659. The minimum Gasteiger partial charge on any atom is -0.384 e. The SMILES string of the molecule is CC(C)c1ccc(CC(C)(O)c2cccs2)cc1. The van der Waals surface area contributed by atoms with Gasteiger partial charge in [-0.05, 0) is 35.4 Å². The highest BCUT2D eigenvalue weighted by molar-refractivity contribution is 7.10. The molecule has 0 bridgehead atoms. The van der Waals surface area contributed by atoms with Crippen LogP contribution in [0.25, 0.3) is 0 Å². The lowest BCUT2D eigenvalue weighted by molar-refractivity contribution is 0.0615. The predicted molar refractivity (Wildman–Crippen MR) is 78.1 cm³/mol. The fourth-order valence-electron chi connectivity index (χ4n) is 2.09. The molecule has 0 radical (unpaired) electrons. The normalized spacial score (nSPS) is 14.7. The van der Waals surface area contributed by atoms with Crippen molar-refractivity contribution in [3.8, 4) is 0 Å². The first kappa shape index (κ1) is 13.3. The van der Waals surface area contributed by atoms with Crippen LogP contribution in [-0.2, 0) is 12.0 Å². The summed E-state index contributed by atoms with van der Waals surface area (Å²) in [5, 5.41) is 12.5. The quantitative estimate of drug-likeness (QED) is 0.868. The van der Waals surface area contributed by atoms with Crippen LogP contribution in [-0.4, -0.2) is 5.11 Å². The van der Waals surface area contributed by atoms with Gasteiger partial charge in [0.2, 0.25) is 0 Å². The number of hydrogen-bond donors (Lipinski definition) is 1. The monoisotopic (exact) mass is 260 g/mol. The van der Waals surface area contributed by atoms with E-state index in [0.29, 0.717) is 12.3 Å². The van der Waals surface area contributed by atoms with Crippen LogP contribution in [0.3, 0.4) is 0 Å². The molecule has 1 unspecified atom stereocenters. The van der Waals surface area contributed by atoms with Crippen LogP contribution in [0.1, 0.15) is 42.7 Å². The van der Waals surface area contributed by atoms with Crippen molar-refractivity contribution in [2.45, 2.75) is 38.7 Å². The summed E-state index contributed by atoms with van der Waals surface area (Å²) in [7, 11) is 0. The van der Waals surface area contributed by atoms with Crippen molar-refractivity contribution < 1.29 is 5.11 Å². The van der Waals surface area contributed by atoms with Gasteiger partial charge in [-0.25, -0.2) is 0 Å². The molecule has 2 rings (SSSR count). The van der Waals surface area contributed by atoms with Crippen LogP contribution in [0.15, 0.2) is 41.8 Å². The summed E-state index contributed by atoms with van der Waals surface area (Å²) in [6.45, 7) is 6.27. The molecule has 0 amide bonds. The molecule has 1 aromatic heterocycles. The van der Waals surface area contributed by atoms with E-state index in [0.717, 1.165) is 4.88 Å². The zero-order valence-electron chi connectivity index (χ0n) is 11.2. The van der Waals surface area contributed by atoms with E-state index in [2.05, 4.69) is 38.1 Å². The Hall–Kier alpha value is -1.12. The van der Waals surface area contributed by atoms with Crippen molar-refractivity contribution in [1.29, 1.82) is 0 Å². The molecule has 0 fully saturated rings. The van der Waals surface area contributed by atoms with Gasteiger partial charge in [-0.2, -0.15) is 0 Å². The number of hydrogen-bond acceptors (Lipinski definition) is 2. The van der Waals surface area contributed by atoms with Crippen LogP contribution < -0.4 is 0 Å². The van der Waals surface area contributed by atoms with E-state index in [-0.39, 0.29) is 0 Å². The van der Waals surface area contributed by atoms with Gasteiger partial charge in [-0.1, -0.05) is 44.2 Å². The number of aliphatic hydroxyl groups is 1. The molecule has 96 valence electrons. The smallest absolute Gasteiger partial charge is 0.0999 e. The van der Waals surface area contributed by atoms with E-state index in [9.17, 15) is 5.11 Å². The van der Waals surface area contributed by atoms with Crippen molar-refractivity contribution in [3.63, 3.8) is 0 Å². The van der Waals surface area contributed by atoms with Crippen molar-refractivity contribution >= 4 is 11.3 Å². The second-order valence-electron chi connectivity index (χ2n) is 5.32. The highest BCUT2D eigenvalue weighted by Gasteiger charge is 2.24. The Bertz CT molecular complexity index is 480. The molecule has 1 atom stereocenters. The average Bonchev–Trinajstić information content (AvgIpc) is 2.83. The van der Waals surface area contributed by atoms with Gasteiger partial charge in [0.05, 0.1) is 5.60 Å². The van der Waals surface area contributed by atoms with E-state index < -0.39 is 5.60 Å². The fourth-order valence-corrected chi connectivity index (χ4v) is 2.88. The van der Waals surface area contributed by atoms with Crippen LogP contribution in [0.2, 0.25) is 0 Å². The van der Waals surface area contributed by atoms with Crippen LogP contribution in [0.4, 0.5) is 0 Å². The standard InChI is InChI=1S/C16H20OS/c1-12(2)14-8-6-13(7-9-14)11-16(3,17)15-5-4-10-18-15/h4-10,12,17H,11H2,1-3H3. The number of benzene rings is 1. The molecule has 1 N–H and O–H groups in total. The lowest BCUT2D eigenvalue weighted by atomic mass is 9.93. The van der Waals surface area contributed by atoms with Gasteiger partial charge in [0.1, 0.15) is 0 Å². The molecule has 1 nitrogen and oxygen atoms in total. The van der Waals surface area contributed by atoms with Gasteiger partial charge in [-0.15, -0.1) is 11.3 Å². The Morgan fingerprint density at radius 1 is 1.17 bits per heavy atom. The Labute approximate surface area is 113 Å². The average molecular weight is 260 g/mol. The summed E-state index contributed by atoms with van der Waals surface area (Å²) in [6, 6.07) is 12.5. The first-order chi connectivity index (χ1) is 8.49. The maximum absolute atomic E-state index is 10.5. The predicted octanol–water partition coefficient (Wildman–Crippen LogP) is 4.32. The van der Waals surface area contributed by atoms with E-state index >= 15 is 0 Å². The lowest BCUT2D eigenvalue weighted by Gasteiger charge is -2.22. The molecule has 0 spiro atoms. The van der Waals surface area contributed by atoms with Crippen LogP contribution >= 0.6 is 11.3 Å². The topological polar surface area (TPSA) is 20.2 Å². The van der Waals surface area contributed by atoms with Crippen molar-refractivity contribution in [2.75, 3.05) is 0 Å². The molecule has 1 heterocycles. The van der Waals surface area contributed by atoms with Crippen molar-refractivity contribution in [3.05, 3.63) is 57.8 Å². The third kappa shape index (κ3) is 3.01. The minimum absolute atomic E-state index is 0.553.